The van der Waals surface area contributed by atoms with Gasteiger partial charge in [0, 0.05) is 5.69 Å². The monoisotopic (exact) mass is 336 g/mol. The highest BCUT2D eigenvalue weighted by atomic mass is 16.5. The molecule has 0 aliphatic heterocycles. The summed E-state index contributed by atoms with van der Waals surface area (Å²) in [5.41, 5.74) is 2.09. The molecule has 6 nitrogen and oxygen atoms in total. The van der Waals surface area contributed by atoms with Gasteiger partial charge in [0.1, 0.15) is 12.1 Å². The molecule has 0 saturated carbocycles. The minimum Gasteiger partial charge on any atom is -0.481 e. The van der Waals surface area contributed by atoms with Crippen LogP contribution in [0.2, 0.25) is 0 Å². The molecule has 0 saturated heterocycles. The third-order valence-corrected chi connectivity index (χ3v) is 3.78. The van der Waals surface area contributed by atoms with E-state index in [9.17, 15) is 4.79 Å². The molecular weight excluding hydrogens is 316 g/mol. The molecule has 1 amide bonds. The molecule has 3 aromatic rings. The van der Waals surface area contributed by atoms with Gasteiger partial charge in [-0.1, -0.05) is 35.9 Å². The van der Waals surface area contributed by atoms with Crippen LogP contribution in [0.5, 0.6) is 5.75 Å². The Balaban J connectivity index is 1.59. The van der Waals surface area contributed by atoms with Gasteiger partial charge in [-0.05, 0) is 38.1 Å². The molecule has 1 atom stereocenters. The van der Waals surface area contributed by atoms with Crippen molar-refractivity contribution in [1.82, 2.24) is 20.1 Å². The molecule has 1 heterocycles. The molecule has 0 fully saturated rings. The van der Waals surface area contributed by atoms with Gasteiger partial charge < -0.3 is 10.1 Å². The number of hydrogen-bond donors (Lipinski definition) is 1. The number of para-hydroxylation sites is 1. The van der Waals surface area contributed by atoms with Crippen LogP contribution >= 0.6 is 0 Å². The summed E-state index contributed by atoms with van der Waals surface area (Å²) in [6, 6.07) is 17.3. The maximum Gasteiger partial charge on any atom is 0.261 e. The lowest BCUT2D eigenvalue weighted by molar-refractivity contribution is -0.127. The zero-order chi connectivity index (χ0) is 17.6. The van der Waals surface area contributed by atoms with E-state index in [1.165, 1.54) is 0 Å². The zero-order valence-corrected chi connectivity index (χ0v) is 14.2. The Hall–Kier alpha value is -3.15. The van der Waals surface area contributed by atoms with Crippen molar-refractivity contribution in [3.8, 4) is 11.4 Å². The zero-order valence-electron chi connectivity index (χ0n) is 14.2. The molecule has 2 aromatic carbocycles. The largest absolute Gasteiger partial charge is 0.481 e. The van der Waals surface area contributed by atoms with E-state index in [4.69, 9.17) is 4.74 Å². The average Bonchev–Trinajstić information content (AvgIpc) is 3.11. The normalized spacial score (nSPS) is 11.8. The summed E-state index contributed by atoms with van der Waals surface area (Å²) in [5.74, 6) is 1.12. The van der Waals surface area contributed by atoms with E-state index in [0.717, 1.165) is 11.3 Å². The summed E-state index contributed by atoms with van der Waals surface area (Å²) in [7, 11) is 0. The lowest BCUT2D eigenvalue weighted by Gasteiger charge is -2.15. The summed E-state index contributed by atoms with van der Waals surface area (Å²) in [6.45, 7) is 4.00. The fourth-order valence-electron chi connectivity index (χ4n) is 2.37. The van der Waals surface area contributed by atoms with E-state index in [-0.39, 0.29) is 12.5 Å². The van der Waals surface area contributed by atoms with Crippen LogP contribution in [0, 0.1) is 6.92 Å². The molecule has 0 radical (unpaired) electrons. The Labute approximate surface area is 146 Å². The van der Waals surface area contributed by atoms with Crippen molar-refractivity contribution in [1.29, 1.82) is 0 Å². The van der Waals surface area contributed by atoms with Crippen molar-refractivity contribution >= 4 is 5.91 Å². The minimum atomic E-state index is -0.601. The molecule has 0 bridgehead atoms. The van der Waals surface area contributed by atoms with Gasteiger partial charge in [0.15, 0.2) is 11.9 Å². The average molecular weight is 336 g/mol. The minimum absolute atomic E-state index is 0.205. The number of amides is 1. The van der Waals surface area contributed by atoms with Crippen LogP contribution in [-0.2, 0) is 11.3 Å². The van der Waals surface area contributed by atoms with Crippen molar-refractivity contribution in [3.63, 3.8) is 0 Å². The Bertz CT molecular complexity index is 828. The highest BCUT2D eigenvalue weighted by Crippen LogP contribution is 2.13. The maximum atomic E-state index is 12.3. The van der Waals surface area contributed by atoms with E-state index >= 15 is 0 Å². The SMILES string of the molecule is Cc1ccc(OC(C)C(=O)NCc2nncn2-c2ccccc2)cc1. The maximum absolute atomic E-state index is 12.3. The molecule has 1 N–H and O–H groups in total. The van der Waals surface area contributed by atoms with E-state index in [1.54, 1.807) is 13.3 Å². The molecular formula is C19H20N4O2. The lowest BCUT2D eigenvalue weighted by Crippen LogP contribution is -2.36. The first-order valence-corrected chi connectivity index (χ1v) is 8.09. The summed E-state index contributed by atoms with van der Waals surface area (Å²) in [6.07, 6.45) is 1.03. The quantitative estimate of drug-likeness (QED) is 0.751. The van der Waals surface area contributed by atoms with Crippen LogP contribution in [0.1, 0.15) is 18.3 Å². The number of hydrogen-bond acceptors (Lipinski definition) is 4. The van der Waals surface area contributed by atoms with Crippen LogP contribution in [0.3, 0.4) is 0 Å². The number of carbonyl (C=O) groups is 1. The highest BCUT2D eigenvalue weighted by molar-refractivity contribution is 5.80. The first kappa shape index (κ1) is 16.7. The summed E-state index contributed by atoms with van der Waals surface area (Å²) < 4.78 is 7.50. The van der Waals surface area contributed by atoms with Crippen LogP contribution < -0.4 is 10.1 Å². The van der Waals surface area contributed by atoms with Gasteiger partial charge in [-0.3, -0.25) is 9.36 Å². The summed E-state index contributed by atoms with van der Waals surface area (Å²) in [4.78, 5) is 12.3. The Morgan fingerprint density at radius 2 is 1.88 bits per heavy atom. The highest BCUT2D eigenvalue weighted by Gasteiger charge is 2.16. The molecule has 0 aliphatic carbocycles. The van der Waals surface area contributed by atoms with E-state index < -0.39 is 6.10 Å². The van der Waals surface area contributed by atoms with Gasteiger partial charge in [0.25, 0.3) is 5.91 Å². The number of aromatic nitrogens is 3. The van der Waals surface area contributed by atoms with Crippen molar-refractivity contribution in [2.75, 3.05) is 0 Å². The molecule has 6 heteroatoms. The fourth-order valence-corrected chi connectivity index (χ4v) is 2.37. The number of ether oxygens (including phenoxy) is 1. The number of aryl methyl sites for hydroxylation is 1. The van der Waals surface area contributed by atoms with Crippen molar-refractivity contribution < 1.29 is 9.53 Å². The van der Waals surface area contributed by atoms with Gasteiger partial charge in [0.2, 0.25) is 0 Å². The first-order valence-electron chi connectivity index (χ1n) is 8.09. The molecule has 25 heavy (non-hydrogen) atoms. The topological polar surface area (TPSA) is 69.0 Å². The van der Waals surface area contributed by atoms with Crippen LogP contribution in [0.15, 0.2) is 60.9 Å². The van der Waals surface area contributed by atoms with E-state index in [1.807, 2.05) is 66.1 Å². The molecule has 0 spiro atoms. The standard InChI is InChI=1S/C19H20N4O2/c1-14-8-10-17(11-9-14)25-15(2)19(24)20-12-18-22-21-13-23(18)16-6-4-3-5-7-16/h3-11,13,15H,12H2,1-2H3,(H,20,24). The number of benzene rings is 2. The number of rotatable bonds is 6. The number of carbonyl (C=O) groups excluding carboxylic acids is 1. The molecule has 1 unspecified atom stereocenters. The second kappa shape index (κ2) is 7.61. The van der Waals surface area contributed by atoms with Gasteiger partial charge in [0.05, 0.1) is 6.54 Å². The smallest absolute Gasteiger partial charge is 0.261 e. The van der Waals surface area contributed by atoms with Crippen molar-refractivity contribution in [2.24, 2.45) is 0 Å². The Morgan fingerprint density at radius 1 is 1.16 bits per heavy atom. The number of nitrogens with zero attached hydrogens (tertiary/aromatic N) is 3. The van der Waals surface area contributed by atoms with Crippen LogP contribution in [0.4, 0.5) is 0 Å². The summed E-state index contributed by atoms with van der Waals surface area (Å²) in [5, 5.41) is 10.8. The third-order valence-electron chi connectivity index (χ3n) is 3.78. The predicted molar refractivity (Wildman–Crippen MR) is 94.5 cm³/mol. The third kappa shape index (κ3) is 4.23. The fraction of sp³-hybridized carbons (Fsp3) is 0.211. The molecule has 3 rings (SSSR count). The van der Waals surface area contributed by atoms with Crippen molar-refractivity contribution in [2.45, 2.75) is 26.5 Å². The van der Waals surface area contributed by atoms with Gasteiger partial charge in [-0.2, -0.15) is 0 Å². The molecule has 128 valence electrons. The van der Waals surface area contributed by atoms with Gasteiger partial charge in [-0.15, -0.1) is 10.2 Å². The van der Waals surface area contributed by atoms with Crippen molar-refractivity contribution in [3.05, 3.63) is 72.3 Å². The van der Waals surface area contributed by atoms with E-state index in [2.05, 4.69) is 15.5 Å². The lowest BCUT2D eigenvalue weighted by atomic mass is 10.2. The van der Waals surface area contributed by atoms with Crippen LogP contribution in [-0.4, -0.2) is 26.8 Å². The summed E-state index contributed by atoms with van der Waals surface area (Å²) >= 11 is 0. The molecule has 0 aliphatic rings. The Morgan fingerprint density at radius 3 is 2.60 bits per heavy atom. The predicted octanol–water partition coefficient (Wildman–Crippen LogP) is 2.66. The van der Waals surface area contributed by atoms with E-state index in [0.29, 0.717) is 11.6 Å². The van der Waals surface area contributed by atoms with Gasteiger partial charge in [-0.25, -0.2) is 0 Å². The Kier molecular flexibility index (Phi) is 5.09. The van der Waals surface area contributed by atoms with Crippen LogP contribution in [0.25, 0.3) is 5.69 Å². The second-order valence-corrected chi connectivity index (χ2v) is 5.74. The van der Waals surface area contributed by atoms with Gasteiger partial charge >= 0.3 is 0 Å². The number of nitrogens with one attached hydrogen (secondary N) is 1. The second-order valence-electron chi connectivity index (χ2n) is 5.74. The molecule has 1 aromatic heterocycles. The first-order chi connectivity index (χ1) is 12.1.